The van der Waals surface area contributed by atoms with Crippen LogP contribution in [0.15, 0.2) is 24.4 Å². The molecule has 0 spiro atoms. The minimum Gasteiger partial charge on any atom is -0.358 e. The molecule has 1 N–H and O–H groups in total. The number of carbonyl (C=O) groups is 1. The van der Waals surface area contributed by atoms with Gasteiger partial charge >= 0.3 is 5.82 Å². The van der Waals surface area contributed by atoms with Crippen molar-refractivity contribution < 1.29 is 9.72 Å². The Morgan fingerprint density at radius 1 is 1.31 bits per heavy atom. The van der Waals surface area contributed by atoms with E-state index < -0.39 is 4.92 Å². The normalized spacial score (nSPS) is 10.7. The molecule has 0 saturated heterocycles. The van der Waals surface area contributed by atoms with Crippen LogP contribution in [0, 0.1) is 30.9 Å². The molecular formula is C16H16N6O3S. The van der Waals surface area contributed by atoms with E-state index in [4.69, 9.17) is 0 Å². The molecule has 1 aromatic carbocycles. The van der Waals surface area contributed by atoms with Gasteiger partial charge in [0.2, 0.25) is 16.9 Å². The Hall–Kier alpha value is -3.14. The first-order valence-corrected chi connectivity index (χ1v) is 8.54. The summed E-state index contributed by atoms with van der Waals surface area (Å²) in [4.78, 5) is 26.1. The van der Waals surface area contributed by atoms with E-state index in [1.807, 2.05) is 26.0 Å². The predicted octanol–water partition coefficient (Wildman–Crippen LogP) is 2.87. The first-order chi connectivity index (χ1) is 12.3. The molecule has 0 bridgehead atoms. The summed E-state index contributed by atoms with van der Waals surface area (Å²) >= 11 is 1.27. The van der Waals surface area contributed by atoms with Gasteiger partial charge in [0.1, 0.15) is 17.7 Å². The Balaban J connectivity index is 1.71. The maximum absolute atomic E-state index is 12.2. The van der Waals surface area contributed by atoms with Crippen LogP contribution in [0.2, 0.25) is 0 Å². The van der Waals surface area contributed by atoms with Gasteiger partial charge in [-0.2, -0.15) is 0 Å². The average molecular weight is 372 g/mol. The Kier molecular flexibility index (Phi) is 4.76. The zero-order chi connectivity index (χ0) is 18.8. The lowest BCUT2D eigenvalue weighted by Gasteiger charge is -2.03. The Morgan fingerprint density at radius 3 is 2.73 bits per heavy atom. The number of nitrogens with one attached hydrogen (secondary N) is 1. The molecular weight excluding hydrogens is 356 g/mol. The van der Waals surface area contributed by atoms with Crippen LogP contribution in [0.3, 0.4) is 0 Å². The van der Waals surface area contributed by atoms with Crippen LogP contribution in [0.1, 0.15) is 17.0 Å². The SMILES string of the molecule is Cc1ccc(-c2nnc(NC(=O)Cn3cc([N+](=O)[O-])nc3C)s2)c(C)c1. The summed E-state index contributed by atoms with van der Waals surface area (Å²) in [6, 6.07) is 6.03. The third-order valence-electron chi connectivity index (χ3n) is 3.75. The van der Waals surface area contributed by atoms with Crippen molar-refractivity contribution in [1.29, 1.82) is 0 Å². The minimum atomic E-state index is -0.595. The van der Waals surface area contributed by atoms with E-state index in [0.29, 0.717) is 16.0 Å². The molecule has 26 heavy (non-hydrogen) atoms. The van der Waals surface area contributed by atoms with Gasteiger partial charge in [-0.1, -0.05) is 35.1 Å². The number of carbonyl (C=O) groups excluding carboxylic acids is 1. The second kappa shape index (κ2) is 7.00. The van der Waals surface area contributed by atoms with Crippen molar-refractivity contribution in [3.63, 3.8) is 0 Å². The third-order valence-corrected chi connectivity index (χ3v) is 4.62. The summed E-state index contributed by atoms with van der Waals surface area (Å²) in [7, 11) is 0. The third kappa shape index (κ3) is 3.75. The van der Waals surface area contributed by atoms with Crippen LogP contribution in [0.5, 0.6) is 0 Å². The molecule has 0 aliphatic rings. The average Bonchev–Trinajstić information content (AvgIpc) is 3.15. The highest BCUT2D eigenvalue weighted by Crippen LogP contribution is 2.29. The first kappa shape index (κ1) is 17.7. The van der Waals surface area contributed by atoms with Gasteiger partial charge in [-0.15, -0.1) is 10.2 Å². The number of nitrogens with zero attached hydrogens (tertiary/aromatic N) is 5. The molecule has 1 amide bonds. The molecule has 9 nitrogen and oxygen atoms in total. The van der Waals surface area contributed by atoms with Crippen LogP contribution >= 0.6 is 11.3 Å². The minimum absolute atomic E-state index is 0.0921. The number of aryl methyl sites for hydroxylation is 3. The monoisotopic (exact) mass is 372 g/mol. The molecule has 0 aliphatic carbocycles. The fraction of sp³-hybridized carbons (Fsp3) is 0.250. The fourth-order valence-electron chi connectivity index (χ4n) is 2.49. The lowest BCUT2D eigenvalue weighted by molar-refractivity contribution is -0.389. The summed E-state index contributed by atoms with van der Waals surface area (Å²) in [6.45, 7) is 5.52. The van der Waals surface area contributed by atoms with Gasteiger partial charge in [0.05, 0.1) is 0 Å². The number of hydrogen-bond acceptors (Lipinski definition) is 7. The number of imidazole rings is 1. The van der Waals surface area contributed by atoms with Gasteiger partial charge in [0, 0.05) is 12.5 Å². The van der Waals surface area contributed by atoms with Gasteiger partial charge in [-0.3, -0.25) is 14.7 Å². The molecule has 0 atom stereocenters. The summed E-state index contributed by atoms with van der Waals surface area (Å²) in [5.41, 5.74) is 3.21. The van der Waals surface area contributed by atoms with Crippen LogP contribution in [0.25, 0.3) is 10.6 Å². The smallest absolute Gasteiger partial charge is 0.358 e. The molecule has 2 aromatic heterocycles. The number of aromatic nitrogens is 4. The van der Waals surface area contributed by atoms with E-state index in [0.717, 1.165) is 16.7 Å². The molecule has 0 radical (unpaired) electrons. The van der Waals surface area contributed by atoms with Crippen molar-refractivity contribution in [3.05, 3.63) is 51.5 Å². The summed E-state index contributed by atoms with van der Waals surface area (Å²) in [5.74, 6) is -0.257. The summed E-state index contributed by atoms with van der Waals surface area (Å²) in [6.07, 6.45) is 1.23. The number of nitro groups is 1. The highest BCUT2D eigenvalue weighted by molar-refractivity contribution is 7.18. The lowest BCUT2D eigenvalue weighted by atomic mass is 10.1. The number of amides is 1. The molecule has 0 fully saturated rings. The second-order valence-electron chi connectivity index (χ2n) is 5.81. The van der Waals surface area contributed by atoms with Crippen LogP contribution in [0.4, 0.5) is 10.9 Å². The van der Waals surface area contributed by atoms with E-state index in [-0.39, 0.29) is 18.3 Å². The Morgan fingerprint density at radius 2 is 2.08 bits per heavy atom. The van der Waals surface area contributed by atoms with Gasteiger partial charge in [-0.05, 0) is 29.3 Å². The van der Waals surface area contributed by atoms with Crippen LogP contribution in [-0.4, -0.2) is 30.6 Å². The van der Waals surface area contributed by atoms with Crippen molar-refractivity contribution >= 4 is 28.2 Å². The van der Waals surface area contributed by atoms with Crippen molar-refractivity contribution in [2.24, 2.45) is 0 Å². The van der Waals surface area contributed by atoms with Crippen LogP contribution in [-0.2, 0) is 11.3 Å². The van der Waals surface area contributed by atoms with E-state index in [1.54, 1.807) is 6.92 Å². The van der Waals surface area contributed by atoms with Crippen molar-refractivity contribution in [3.8, 4) is 10.6 Å². The van der Waals surface area contributed by atoms with E-state index in [9.17, 15) is 14.9 Å². The largest absolute Gasteiger partial charge is 0.381 e. The predicted molar refractivity (Wildman–Crippen MR) is 97.1 cm³/mol. The quantitative estimate of drug-likeness (QED) is 0.544. The van der Waals surface area contributed by atoms with E-state index in [2.05, 4.69) is 26.6 Å². The van der Waals surface area contributed by atoms with Crippen molar-refractivity contribution in [1.82, 2.24) is 19.7 Å². The van der Waals surface area contributed by atoms with Gasteiger partial charge in [0.15, 0.2) is 0 Å². The molecule has 0 unspecified atom stereocenters. The topological polar surface area (TPSA) is 116 Å². The molecule has 134 valence electrons. The molecule has 10 heteroatoms. The van der Waals surface area contributed by atoms with E-state index >= 15 is 0 Å². The van der Waals surface area contributed by atoms with E-state index in [1.165, 1.54) is 22.1 Å². The number of hydrogen-bond donors (Lipinski definition) is 1. The zero-order valence-corrected chi connectivity index (χ0v) is 15.2. The summed E-state index contributed by atoms with van der Waals surface area (Å²) in [5, 5.41) is 22.6. The maximum Gasteiger partial charge on any atom is 0.381 e. The van der Waals surface area contributed by atoms with Crippen molar-refractivity contribution in [2.75, 3.05) is 5.32 Å². The lowest BCUT2D eigenvalue weighted by Crippen LogP contribution is -2.19. The molecule has 3 rings (SSSR count). The molecule has 3 aromatic rings. The Bertz CT molecular complexity index is 994. The molecule has 0 aliphatic heterocycles. The fourth-order valence-corrected chi connectivity index (χ4v) is 3.34. The second-order valence-corrected chi connectivity index (χ2v) is 6.79. The Labute approximate surface area is 152 Å². The van der Waals surface area contributed by atoms with Gasteiger partial charge in [-0.25, -0.2) is 0 Å². The summed E-state index contributed by atoms with van der Waals surface area (Å²) < 4.78 is 1.42. The van der Waals surface area contributed by atoms with Crippen LogP contribution < -0.4 is 5.32 Å². The number of rotatable bonds is 5. The highest BCUT2D eigenvalue weighted by atomic mass is 32.1. The maximum atomic E-state index is 12.2. The van der Waals surface area contributed by atoms with Gasteiger partial charge in [0.25, 0.3) is 0 Å². The highest BCUT2D eigenvalue weighted by Gasteiger charge is 2.18. The zero-order valence-electron chi connectivity index (χ0n) is 14.4. The van der Waals surface area contributed by atoms with Gasteiger partial charge < -0.3 is 10.1 Å². The standard InChI is InChI=1S/C16H16N6O3S/c1-9-4-5-12(10(2)6-9)15-19-20-16(26-15)18-14(23)8-21-7-13(22(24)25)17-11(21)3/h4-7H,8H2,1-3H3,(H,18,20,23). The first-order valence-electron chi connectivity index (χ1n) is 7.72. The molecule has 0 saturated carbocycles. The number of anilines is 1. The molecule has 2 heterocycles. The van der Waals surface area contributed by atoms with Crippen molar-refractivity contribution in [2.45, 2.75) is 27.3 Å². The number of benzene rings is 1.